The van der Waals surface area contributed by atoms with Crippen LogP contribution < -0.4 is 0 Å². The summed E-state index contributed by atoms with van der Waals surface area (Å²) in [6.07, 6.45) is 1.93. The summed E-state index contributed by atoms with van der Waals surface area (Å²) in [6.45, 7) is -0.0479. The average molecular weight is 191 g/mol. The van der Waals surface area contributed by atoms with E-state index >= 15 is 0 Å². The zero-order chi connectivity index (χ0) is 9.97. The maximum absolute atomic E-state index is 8.93. The number of hydrogen-bond donors (Lipinski definition) is 1. The lowest BCUT2D eigenvalue weighted by molar-refractivity contribution is -0.102. The van der Waals surface area contributed by atoms with E-state index in [0.29, 0.717) is 5.76 Å². The Hall–Kier alpha value is -1.32. The second kappa shape index (κ2) is 3.82. The molecule has 1 aliphatic rings. The second-order valence-electron chi connectivity index (χ2n) is 3.28. The molecule has 1 N–H and O–H groups in total. The van der Waals surface area contributed by atoms with E-state index < -0.39 is 0 Å². The van der Waals surface area contributed by atoms with E-state index in [-0.39, 0.29) is 12.6 Å². The van der Waals surface area contributed by atoms with Gasteiger partial charge in [0.1, 0.15) is 12.4 Å². The van der Waals surface area contributed by atoms with E-state index in [0.717, 1.165) is 0 Å². The Bertz CT molecular complexity index is 334. The molecule has 0 saturated carbocycles. The third kappa shape index (κ3) is 1.64. The van der Waals surface area contributed by atoms with E-state index in [9.17, 15) is 0 Å². The van der Waals surface area contributed by atoms with Crippen LogP contribution in [-0.2, 0) is 4.84 Å². The summed E-state index contributed by atoms with van der Waals surface area (Å²) in [6, 6.07) is 10.2. The number of hydrogen-bond acceptors (Lipinski definition) is 3. The molecule has 0 bridgehead atoms. The van der Waals surface area contributed by atoms with Gasteiger partial charge in [-0.2, -0.15) is 0 Å². The molecule has 1 aromatic rings. The predicted octanol–water partition coefficient (Wildman–Crippen LogP) is 1.48. The highest BCUT2D eigenvalue weighted by Crippen LogP contribution is 2.28. The molecule has 74 valence electrons. The first-order valence-electron chi connectivity index (χ1n) is 4.58. The van der Waals surface area contributed by atoms with Crippen molar-refractivity contribution in [2.45, 2.75) is 6.04 Å². The second-order valence-corrected chi connectivity index (χ2v) is 3.28. The number of rotatable bonds is 2. The normalized spacial score (nSPS) is 21.9. The van der Waals surface area contributed by atoms with Crippen LogP contribution in [0.2, 0.25) is 0 Å². The van der Waals surface area contributed by atoms with Crippen LogP contribution in [0.1, 0.15) is 11.6 Å². The van der Waals surface area contributed by atoms with Crippen molar-refractivity contribution in [3.63, 3.8) is 0 Å². The molecule has 1 aromatic carbocycles. The highest BCUT2D eigenvalue weighted by atomic mass is 16.7. The topological polar surface area (TPSA) is 32.7 Å². The fourth-order valence-electron chi connectivity index (χ4n) is 1.59. The molecular formula is C11H13NO2. The molecule has 0 saturated heterocycles. The SMILES string of the molecule is CN1OC(CO)=CC1c1ccccc1. The minimum Gasteiger partial charge on any atom is -0.408 e. The van der Waals surface area contributed by atoms with Gasteiger partial charge in [0.2, 0.25) is 0 Å². The number of nitrogens with zero attached hydrogens (tertiary/aromatic N) is 1. The summed E-state index contributed by atoms with van der Waals surface area (Å²) in [7, 11) is 1.86. The van der Waals surface area contributed by atoms with E-state index in [2.05, 4.69) is 0 Å². The molecule has 0 amide bonds. The molecule has 1 atom stereocenters. The summed E-state index contributed by atoms with van der Waals surface area (Å²) in [5.41, 5.74) is 1.17. The van der Waals surface area contributed by atoms with Gasteiger partial charge in [-0.05, 0) is 11.6 Å². The Labute approximate surface area is 83.2 Å². The molecule has 0 spiro atoms. The number of benzene rings is 1. The van der Waals surface area contributed by atoms with Gasteiger partial charge in [0.05, 0.1) is 6.04 Å². The highest BCUT2D eigenvalue weighted by molar-refractivity contribution is 5.25. The van der Waals surface area contributed by atoms with Crippen molar-refractivity contribution >= 4 is 0 Å². The summed E-state index contributed by atoms with van der Waals surface area (Å²) < 4.78 is 0. The number of likely N-dealkylation sites (N-methyl/N-ethyl adjacent to an activating group) is 1. The Balaban J connectivity index is 2.23. The van der Waals surface area contributed by atoms with Crippen LogP contribution in [0.4, 0.5) is 0 Å². The standard InChI is InChI=1S/C11H13NO2/c1-12-11(7-10(8-13)14-12)9-5-3-2-4-6-9/h2-7,11,13H,8H2,1H3. The van der Waals surface area contributed by atoms with Crippen LogP contribution in [0.25, 0.3) is 0 Å². The zero-order valence-corrected chi connectivity index (χ0v) is 8.05. The molecule has 0 radical (unpaired) electrons. The molecule has 1 unspecified atom stereocenters. The van der Waals surface area contributed by atoms with Crippen LogP contribution in [0.3, 0.4) is 0 Å². The van der Waals surface area contributed by atoms with Crippen molar-refractivity contribution in [1.82, 2.24) is 5.06 Å². The van der Waals surface area contributed by atoms with Gasteiger partial charge >= 0.3 is 0 Å². The number of aliphatic hydroxyl groups excluding tert-OH is 1. The largest absolute Gasteiger partial charge is 0.408 e. The first-order valence-corrected chi connectivity index (χ1v) is 4.58. The lowest BCUT2D eigenvalue weighted by Crippen LogP contribution is -2.17. The third-order valence-corrected chi connectivity index (χ3v) is 2.29. The summed E-state index contributed by atoms with van der Waals surface area (Å²) in [5, 5.41) is 10.7. The lowest BCUT2D eigenvalue weighted by Gasteiger charge is -2.17. The number of aliphatic hydroxyl groups is 1. The number of hydroxylamine groups is 2. The Morgan fingerprint density at radius 3 is 2.64 bits per heavy atom. The van der Waals surface area contributed by atoms with Gasteiger partial charge in [-0.15, -0.1) is 5.06 Å². The van der Waals surface area contributed by atoms with Crippen LogP contribution >= 0.6 is 0 Å². The molecule has 1 aliphatic heterocycles. The van der Waals surface area contributed by atoms with Gasteiger partial charge in [0.15, 0.2) is 0 Å². The molecule has 3 heteroatoms. The monoisotopic (exact) mass is 191 g/mol. The van der Waals surface area contributed by atoms with Gasteiger partial charge in [0.25, 0.3) is 0 Å². The average Bonchev–Trinajstić information content (AvgIpc) is 2.61. The van der Waals surface area contributed by atoms with Crippen molar-refractivity contribution in [3.8, 4) is 0 Å². The molecule has 0 fully saturated rings. The maximum atomic E-state index is 8.93. The van der Waals surface area contributed by atoms with Gasteiger partial charge in [-0.25, -0.2) is 0 Å². The van der Waals surface area contributed by atoms with Gasteiger partial charge < -0.3 is 9.94 Å². The third-order valence-electron chi connectivity index (χ3n) is 2.29. The minimum absolute atomic E-state index is 0.0479. The summed E-state index contributed by atoms with van der Waals surface area (Å²) in [5.74, 6) is 0.612. The van der Waals surface area contributed by atoms with E-state index in [1.165, 1.54) is 5.56 Å². The highest BCUT2D eigenvalue weighted by Gasteiger charge is 2.23. The van der Waals surface area contributed by atoms with Gasteiger partial charge in [0, 0.05) is 7.05 Å². The van der Waals surface area contributed by atoms with Crippen LogP contribution in [0, 0.1) is 0 Å². The molecule has 3 nitrogen and oxygen atoms in total. The molecule has 2 rings (SSSR count). The Kier molecular flexibility index (Phi) is 2.52. The maximum Gasteiger partial charge on any atom is 0.148 e. The van der Waals surface area contributed by atoms with Crippen molar-refractivity contribution in [2.75, 3.05) is 13.7 Å². The van der Waals surface area contributed by atoms with Crippen molar-refractivity contribution < 1.29 is 9.94 Å². The summed E-state index contributed by atoms with van der Waals surface area (Å²) in [4.78, 5) is 5.32. The van der Waals surface area contributed by atoms with E-state index in [1.54, 1.807) is 5.06 Å². The lowest BCUT2D eigenvalue weighted by atomic mass is 10.1. The predicted molar refractivity (Wildman–Crippen MR) is 53.2 cm³/mol. The van der Waals surface area contributed by atoms with E-state index in [1.807, 2.05) is 43.5 Å². The Morgan fingerprint density at radius 2 is 2.07 bits per heavy atom. The van der Waals surface area contributed by atoms with E-state index in [4.69, 9.17) is 9.94 Å². The molecule has 14 heavy (non-hydrogen) atoms. The zero-order valence-electron chi connectivity index (χ0n) is 8.05. The Morgan fingerprint density at radius 1 is 1.36 bits per heavy atom. The molecular weight excluding hydrogens is 178 g/mol. The summed E-state index contributed by atoms with van der Waals surface area (Å²) >= 11 is 0. The smallest absolute Gasteiger partial charge is 0.148 e. The fourth-order valence-corrected chi connectivity index (χ4v) is 1.59. The first kappa shape index (κ1) is 9.24. The molecule has 0 aromatic heterocycles. The molecule has 0 aliphatic carbocycles. The van der Waals surface area contributed by atoms with Crippen molar-refractivity contribution in [1.29, 1.82) is 0 Å². The van der Waals surface area contributed by atoms with Crippen LogP contribution in [0.5, 0.6) is 0 Å². The van der Waals surface area contributed by atoms with Gasteiger partial charge in [-0.1, -0.05) is 30.3 Å². The minimum atomic E-state index is -0.0479. The van der Waals surface area contributed by atoms with Crippen LogP contribution in [-0.4, -0.2) is 23.8 Å². The van der Waals surface area contributed by atoms with Crippen molar-refractivity contribution in [3.05, 3.63) is 47.7 Å². The molecule has 1 heterocycles. The van der Waals surface area contributed by atoms with Gasteiger partial charge in [-0.3, -0.25) is 0 Å². The van der Waals surface area contributed by atoms with Crippen LogP contribution in [0.15, 0.2) is 42.2 Å². The first-order chi connectivity index (χ1) is 6.81. The van der Waals surface area contributed by atoms with Crippen molar-refractivity contribution in [2.24, 2.45) is 0 Å². The fraction of sp³-hybridized carbons (Fsp3) is 0.273. The quantitative estimate of drug-likeness (QED) is 0.768.